The third-order valence-electron chi connectivity index (χ3n) is 2.71. The second-order valence-corrected chi connectivity index (χ2v) is 4.36. The molecule has 0 aliphatic heterocycles. The van der Waals surface area contributed by atoms with E-state index in [9.17, 15) is 4.79 Å². The lowest BCUT2D eigenvalue weighted by atomic mass is 10.1. The molecule has 2 aromatic rings. The van der Waals surface area contributed by atoms with Crippen LogP contribution < -0.4 is 16.0 Å². The molecule has 0 atom stereocenters. The van der Waals surface area contributed by atoms with E-state index in [2.05, 4.69) is 10.3 Å². The Hall–Kier alpha value is -2.56. The summed E-state index contributed by atoms with van der Waals surface area (Å²) in [6, 6.07) is 8.72. The highest BCUT2D eigenvalue weighted by atomic mass is 16.1. The van der Waals surface area contributed by atoms with Gasteiger partial charge >= 0.3 is 0 Å². The van der Waals surface area contributed by atoms with Crippen molar-refractivity contribution in [1.29, 1.82) is 0 Å². The van der Waals surface area contributed by atoms with E-state index in [0.29, 0.717) is 16.9 Å². The molecule has 5 nitrogen and oxygen atoms in total. The van der Waals surface area contributed by atoms with Gasteiger partial charge in [0.2, 0.25) is 0 Å². The van der Waals surface area contributed by atoms with Gasteiger partial charge in [0.15, 0.2) is 0 Å². The predicted molar refractivity (Wildman–Crippen MR) is 77.4 cm³/mol. The smallest absolute Gasteiger partial charge is 0.255 e. The van der Waals surface area contributed by atoms with Crippen molar-refractivity contribution in [1.82, 2.24) is 4.98 Å². The number of nitrogens with zero attached hydrogens (tertiary/aromatic N) is 2. The zero-order valence-electron chi connectivity index (χ0n) is 10.9. The van der Waals surface area contributed by atoms with E-state index in [4.69, 9.17) is 5.73 Å². The van der Waals surface area contributed by atoms with Gasteiger partial charge in [-0.2, -0.15) is 0 Å². The lowest BCUT2D eigenvalue weighted by Gasteiger charge is -2.15. The SMILES string of the molecule is CN(C)c1ccc(C(=O)Nc2ccncc2)cc1N. The summed E-state index contributed by atoms with van der Waals surface area (Å²) in [6.45, 7) is 0. The highest BCUT2D eigenvalue weighted by Gasteiger charge is 2.09. The van der Waals surface area contributed by atoms with Crippen molar-refractivity contribution >= 4 is 23.0 Å². The number of pyridine rings is 1. The fourth-order valence-corrected chi connectivity index (χ4v) is 1.74. The van der Waals surface area contributed by atoms with E-state index in [0.717, 1.165) is 5.69 Å². The zero-order chi connectivity index (χ0) is 13.8. The predicted octanol–water partition coefficient (Wildman–Crippen LogP) is 1.98. The number of rotatable bonds is 3. The van der Waals surface area contributed by atoms with Crippen LogP contribution in [0.15, 0.2) is 42.7 Å². The zero-order valence-corrected chi connectivity index (χ0v) is 10.9. The first-order valence-corrected chi connectivity index (χ1v) is 5.86. The number of carbonyl (C=O) groups excluding carboxylic acids is 1. The molecule has 0 unspecified atom stereocenters. The minimum atomic E-state index is -0.191. The molecule has 5 heteroatoms. The molecule has 1 aromatic heterocycles. The molecule has 98 valence electrons. The Kier molecular flexibility index (Phi) is 3.66. The van der Waals surface area contributed by atoms with Crippen LogP contribution in [0, 0.1) is 0 Å². The quantitative estimate of drug-likeness (QED) is 0.824. The van der Waals surface area contributed by atoms with E-state index >= 15 is 0 Å². The van der Waals surface area contributed by atoms with Gasteiger partial charge in [-0.25, -0.2) is 0 Å². The van der Waals surface area contributed by atoms with E-state index in [-0.39, 0.29) is 5.91 Å². The minimum absolute atomic E-state index is 0.191. The van der Waals surface area contributed by atoms with Crippen LogP contribution in [0.3, 0.4) is 0 Å². The number of benzene rings is 1. The van der Waals surface area contributed by atoms with Gasteiger partial charge in [0.25, 0.3) is 5.91 Å². The summed E-state index contributed by atoms with van der Waals surface area (Å²) >= 11 is 0. The summed E-state index contributed by atoms with van der Waals surface area (Å²) < 4.78 is 0. The fourth-order valence-electron chi connectivity index (χ4n) is 1.74. The van der Waals surface area contributed by atoms with E-state index in [1.54, 1.807) is 36.7 Å². The summed E-state index contributed by atoms with van der Waals surface area (Å²) in [5.41, 5.74) is 8.62. The van der Waals surface area contributed by atoms with Crippen LogP contribution in [-0.4, -0.2) is 25.0 Å². The summed E-state index contributed by atoms with van der Waals surface area (Å²) in [5.74, 6) is -0.191. The normalized spacial score (nSPS) is 10.0. The van der Waals surface area contributed by atoms with Crippen LogP contribution >= 0.6 is 0 Å². The van der Waals surface area contributed by atoms with Crippen molar-refractivity contribution in [3.05, 3.63) is 48.3 Å². The van der Waals surface area contributed by atoms with Crippen LogP contribution in [0.5, 0.6) is 0 Å². The number of hydrogen-bond donors (Lipinski definition) is 2. The standard InChI is InChI=1S/C14H16N4O/c1-18(2)13-4-3-10(9-12(13)15)14(19)17-11-5-7-16-8-6-11/h3-9H,15H2,1-2H3,(H,16,17,19). The number of amides is 1. The maximum absolute atomic E-state index is 12.0. The Bertz CT molecular complexity index is 581. The summed E-state index contributed by atoms with van der Waals surface area (Å²) in [4.78, 5) is 17.8. The van der Waals surface area contributed by atoms with E-state index in [1.165, 1.54) is 0 Å². The Morgan fingerprint density at radius 2 is 1.89 bits per heavy atom. The first-order chi connectivity index (χ1) is 9.08. The average Bonchev–Trinajstić information content (AvgIpc) is 2.39. The molecule has 0 saturated heterocycles. The number of nitrogens with two attached hydrogens (primary N) is 1. The van der Waals surface area contributed by atoms with Crippen molar-refractivity contribution < 1.29 is 4.79 Å². The van der Waals surface area contributed by atoms with Crippen molar-refractivity contribution in [3.8, 4) is 0 Å². The van der Waals surface area contributed by atoms with E-state index < -0.39 is 0 Å². The second kappa shape index (κ2) is 5.39. The van der Waals surface area contributed by atoms with Gasteiger partial charge in [0.1, 0.15) is 0 Å². The molecule has 1 heterocycles. The summed E-state index contributed by atoms with van der Waals surface area (Å²) in [6.07, 6.45) is 3.25. The van der Waals surface area contributed by atoms with Crippen LogP contribution in [-0.2, 0) is 0 Å². The van der Waals surface area contributed by atoms with Gasteiger partial charge in [0.05, 0.1) is 11.4 Å². The largest absolute Gasteiger partial charge is 0.397 e. The van der Waals surface area contributed by atoms with Crippen LogP contribution in [0.1, 0.15) is 10.4 Å². The molecular formula is C14H16N4O. The molecular weight excluding hydrogens is 240 g/mol. The van der Waals surface area contributed by atoms with Crippen LogP contribution in [0.2, 0.25) is 0 Å². The Morgan fingerprint density at radius 1 is 1.21 bits per heavy atom. The molecule has 0 aliphatic rings. The first kappa shape index (κ1) is 12.9. The molecule has 0 saturated carbocycles. The van der Waals surface area contributed by atoms with Crippen molar-refractivity contribution in [2.45, 2.75) is 0 Å². The molecule has 19 heavy (non-hydrogen) atoms. The average molecular weight is 256 g/mol. The number of hydrogen-bond acceptors (Lipinski definition) is 4. The van der Waals surface area contributed by atoms with Gasteiger partial charge in [0, 0.05) is 37.7 Å². The lowest BCUT2D eigenvalue weighted by molar-refractivity contribution is 0.102. The molecule has 2 rings (SSSR count). The Balaban J connectivity index is 2.18. The molecule has 0 bridgehead atoms. The topological polar surface area (TPSA) is 71.2 Å². The number of nitrogens with one attached hydrogen (secondary N) is 1. The van der Waals surface area contributed by atoms with Gasteiger partial charge in [-0.1, -0.05) is 0 Å². The fraction of sp³-hybridized carbons (Fsp3) is 0.143. The maximum atomic E-state index is 12.0. The summed E-state index contributed by atoms with van der Waals surface area (Å²) in [7, 11) is 3.81. The van der Waals surface area contributed by atoms with Crippen LogP contribution in [0.25, 0.3) is 0 Å². The molecule has 0 radical (unpaired) electrons. The van der Waals surface area contributed by atoms with Gasteiger partial charge in [-0.05, 0) is 30.3 Å². The minimum Gasteiger partial charge on any atom is -0.397 e. The van der Waals surface area contributed by atoms with Gasteiger partial charge in [-0.3, -0.25) is 9.78 Å². The maximum Gasteiger partial charge on any atom is 0.255 e. The van der Waals surface area contributed by atoms with Gasteiger partial charge < -0.3 is 16.0 Å². The Morgan fingerprint density at radius 3 is 2.47 bits per heavy atom. The van der Waals surface area contributed by atoms with E-state index in [1.807, 2.05) is 25.1 Å². The lowest BCUT2D eigenvalue weighted by Crippen LogP contribution is -2.15. The molecule has 1 aromatic carbocycles. The molecule has 0 fully saturated rings. The number of anilines is 3. The molecule has 1 amide bonds. The third kappa shape index (κ3) is 3.01. The van der Waals surface area contributed by atoms with Crippen molar-refractivity contribution in [2.24, 2.45) is 0 Å². The van der Waals surface area contributed by atoms with Crippen LogP contribution in [0.4, 0.5) is 17.1 Å². The van der Waals surface area contributed by atoms with Crippen molar-refractivity contribution in [3.63, 3.8) is 0 Å². The first-order valence-electron chi connectivity index (χ1n) is 5.86. The molecule has 0 aliphatic carbocycles. The number of aromatic nitrogens is 1. The monoisotopic (exact) mass is 256 g/mol. The number of nitrogen functional groups attached to an aromatic ring is 1. The summed E-state index contributed by atoms with van der Waals surface area (Å²) in [5, 5.41) is 2.79. The Labute approximate surface area is 112 Å². The van der Waals surface area contributed by atoms with Crippen molar-refractivity contribution in [2.75, 3.05) is 30.0 Å². The highest BCUT2D eigenvalue weighted by molar-refractivity contribution is 6.05. The van der Waals surface area contributed by atoms with Gasteiger partial charge in [-0.15, -0.1) is 0 Å². The highest BCUT2D eigenvalue weighted by Crippen LogP contribution is 2.22. The number of carbonyl (C=O) groups is 1. The second-order valence-electron chi connectivity index (χ2n) is 4.36. The molecule has 3 N–H and O–H groups in total. The third-order valence-corrected chi connectivity index (χ3v) is 2.71. The molecule has 0 spiro atoms.